The molecule has 1 saturated heterocycles. The minimum Gasteiger partial charge on any atom is -0.303 e. The van der Waals surface area contributed by atoms with E-state index in [1.165, 1.54) is 51.7 Å². The Labute approximate surface area is 141 Å². The van der Waals surface area contributed by atoms with Gasteiger partial charge < -0.3 is 4.90 Å². The fourth-order valence-corrected chi connectivity index (χ4v) is 4.97. The van der Waals surface area contributed by atoms with Crippen LogP contribution < -0.4 is 0 Å². The SMILES string of the molecule is CCCC(CCC)(CCN1CC(C)C(C(C)C)C1)C(C)(C)C. The molecule has 1 rings (SSSR count). The number of nitrogens with zero attached hydrogens (tertiary/aromatic N) is 1. The number of likely N-dealkylation sites (tertiary alicyclic amines) is 1. The van der Waals surface area contributed by atoms with Gasteiger partial charge >= 0.3 is 0 Å². The highest BCUT2D eigenvalue weighted by molar-refractivity contribution is 4.92. The first kappa shape index (κ1) is 20.0. The van der Waals surface area contributed by atoms with E-state index in [2.05, 4.69) is 60.3 Å². The average molecular weight is 310 g/mol. The molecule has 1 heteroatoms. The molecule has 132 valence electrons. The van der Waals surface area contributed by atoms with Crippen molar-refractivity contribution in [2.45, 2.75) is 87.5 Å². The highest BCUT2D eigenvalue weighted by Gasteiger charge is 2.41. The van der Waals surface area contributed by atoms with Crippen LogP contribution in [-0.2, 0) is 0 Å². The number of rotatable bonds is 8. The van der Waals surface area contributed by atoms with E-state index in [1.807, 2.05) is 0 Å². The van der Waals surface area contributed by atoms with Crippen LogP contribution in [0.25, 0.3) is 0 Å². The van der Waals surface area contributed by atoms with Gasteiger partial charge in [-0.25, -0.2) is 0 Å². The third-order valence-corrected chi connectivity index (χ3v) is 6.56. The minimum atomic E-state index is 0.418. The molecule has 0 saturated carbocycles. The molecule has 0 aromatic heterocycles. The van der Waals surface area contributed by atoms with Gasteiger partial charge in [0.2, 0.25) is 0 Å². The van der Waals surface area contributed by atoms with Crippen molar-refractivity contribution in [2.75, 3.05) is 19.6 Å². The number of hydrogen-bond acceptors (Lipinski definition) is 1. The number of hydrogen-bond donors (Lipinski definition) is 0. The topological polar surface area (TPSA) is 3.24 Å². The van der Waals surface area contributed by atoms with Crippen LogP contribution in [0, 0.1) is 28.6 Å². The van der Waals surface area contributed by atoms with E-state index < -0.39 is 0 Å². The van der Waals surface area contributed by atoms with Gasteiger partial charge in [-0.2, -0.15) is 0 Å². The van der Waals surface area contributed by atoms with E-state index in [1.54, 1.807) is 0 Å². The summed E-state index contributed by atoms with van der Waals surface area (Å²) in [6.45, 7) is 23.4. The van der Waals surface area contributed by atoms with Gasteiger partial charge in [-0.15, -0.1) is 0 Å². The van der Waals surface area contributed by atoms with E-state index in [0.29, 0.717) is 10.8 Å². The van der Waals surface area contributed by atoms with Gasteiger partial charge in [0.25, 0.3) is 0 Å². The summed E-state index contributed by atoms with van der Waals surface area (Å²) in [6, 6.07) is 0. The molecule has 1 heterocycles. The van der Waals surface area contributed by atoms with Crippen LogP contribution in [0.4, 0.5) is 0 Å². The van der Waals surface area contributed by atoms with E-state index in [-0.39, 0.29) is 0 Å². The minimum absolute atomic E-state index is 0.418. The van der Waals surface area contributed by atoms with Gasteiger partial charge in [-0.1, -0.05) is 68.2 Å². The first-order chi connectivity index (χ1) is 10.2. The molecule has 1 nitrogen and oxygen atoms in total. The Bertz CT molecular complexity index is 306. The lowest BCUT2D eigenvalue weighted by molar-refractivity contribution is 0.0393. The molecule has 0 aromatic rings. The second kappa shape index (κ2) is 8.18. The molecule has 0 N–H and O–H groups in total. The van der Waals surface area contributed by atoms with Gasteiger partial charge in [0.05, 0.1) is 0 Å². The largest absolute Gasteiger partial charge is 0.303 e. The van der Waals surface area contributed by atoms with Crippen LogP contribution in [0.3, 0.4) is 0 Å². The summed E-state index contributed by atoms with van der Waals surface area (Å²) in [6.07, 6.45) is 6.81. The summed E-state index contributed by atoms with van der Waals surface area (Å²) in [5.74, 6) is 2.61. The van der Waals surface area contributed by atoms with Gasteiger partial charge in [0.15, 0.2) is 0 Å². The van der Waals surface area contributed by atoms with Crippen molar-refractivity contribution in [1.82, 2.24) is 4.90 Å². The molecule has 0 radical (unpaired) electrons. The van der Waals surface area contributed by atoms with Crippen LogP contribution in [-0.4, -0.2) is 24.5 Å². The Hall–Kier alpha value is -0.0400. The van der Waals surface area contributed by atoms with Gasteiger partial charge in [-0.3, -0.25) is 0 Å². The van der Waals surface area contributed by atoms with Crippen LogP contribution in [0.2, 0.25) is 0 Å². The molecule has 1 aliphatic heterocycles. The lowest BCUT2D eigenvalue weighted by Crippen LogP contribution is -2.39. The summed E-state index contributed by atoms with van der Waals surface area (Å²) in [5.41, 5.74) is 0.942. The maximum Gasteiger partial charge on any atom is 0.00152 e. The molecule has 0 aromatic carbocycles. The van der Waals surface area contributed by atoms with Crippen molar-refractivity contribution >= 4 is 0 Å². The zero-order chi connectivity index (χ0) is 17.0. The molecule has 22 heavy (non-hydrogen) atoms. The summed E-state index contributed by atoms with van der Waals surface area (Å²) in [4.78, 5) is 2.77. The fourth-order valence-electron chi connectivity index (χ4n) is 4.97. The van der Waals surface area contributed by atoms with E-state index in [4.69, 9.17) is 0 Å². The predicted molar refractivity (Wildman–Crippen MR) is 100 cm³/mol. The molecule has 0 bridgehead atoms. The standard InChI is InChI=1S/C21H43N/c1-9-11-21(12-10-2,20(6,7)8)13-14-22-15-18(5)19(16-22)17(3)4/h17-19H,9-16H2,1-8H3. The zero-order valence-electron chi connectivity index (χ0n) is 16.8. The molecule has 2 unspecified atom stereocenters. The summed E-state index contributed by atoms with van der Waals surface area (Å²) in [5, 5.41) is 0. The maximum absolute atomic E-state index is 2.77. The zero-order valence-corrected chi connectivity index (χ0v) is 16.8. The Morgan fingerprint density at radius 3 is 1.86 bits per heavy atom. The quantitative estimate of drug-likeness (QED) is 0.513. The van der Waals surface area contributed by atoms with E-state index in [0.717, 1.165) is 17.8 Å². The smallest absolute Gasteiger partial charge is 0.00152 e. The van der Waals surface area contributed by atoms with Crippen LogP contribution in [0.15, 0.2) is 0 Å². The van der Waals surface area contributed by atoms with Crippen molar-refractivity contribution in [1.29, 1.82) is 0 Å². The first-order valence-electron chi connectivity index (χ1n) is 9.89. The normalized spacial score (nSPS) is 24.4. The van der Waals surface area contributed by atoms with Gasteiger partial charge in [0.1, 0.15) is 0 Å². The fraction of sp³-hybridized carbons (Fsp3) is 1.00. The van der Waals surface area contributed by atoms with Crippen LogP contribution >= 0.6 is 0 Å². The molecular formula is C21H43N. The maximum atomic E-state index is 2.77. The lowest BCUT2D eigenvalue weighted by atomic mass is 9.60. The molecule has 1 aliphatic rings. The van der Waals surface area contributed by atoms with Crippen LogP contribution in [0.5, 0.6) is 0 Å². The molecule has 0 aliphatic carbocycles. The average Bonchev–Trinajstić information content (AvgIpc) is 2.76. The molecule has 0 amide bonds. The van der Waals surface area contributed by atoms with E-state index in [9.17, 15) is 0 Å². The summed E-state index contributed by atoms with van der Waals surface area (Å²) in [7, 11) is 0. The van der Waals surface area contributed by atoms with Crippen molar-refractivity contribution in [3.05, 3.63) is 0 Å². The third kappa shape index (κ3) is 4.73. The third-order valence-electron chi connectivity index (χ3n) is 6.56. The van der Waals surface area contributed by atoms with Gasteiger partial charge in [0, 0.05) is 13.1 Å². The molecular weight excluding hydrogens is 266 g/mol. The Kier molecular flexibility index (Phi) is 7.43. The van der Waals surface area contributed by atoms with Crippen molar-refractivity contribution in [3.63, 3.8) is 0 Å². The molecule has 0 spiro atoms. The van der Waals surface area contributed by atoms with Crippen LogP contribution in [0.1, 0.15) is 87.5 Å². The van der Waals surface area contributed by atoms with Crippen molar-refractivity contribution in [2.24, 2.45) is 28.6 Å². The predicted octanol–water partition coefficient (Wildman–Crippen LogP) is 6.23. The second-order valence-corrected chi connectivity index (χ2v) is 9.43. The Morgan fingerprint density at radius 1 is 0.955 bits per heavy atom. The summed E-state index contributed by atoms with van der Waals surface area (Å²) < 4.78 is 0. The Morgan fingerprint density at radius 2 is 1.50 bits per heavy atom. The summed E-state index contributed by atoms with van der Waals surface area (Å²) >= 11 is 0. The highest BCUT2D eigenvalue weighted by Crippen LogP contribution is 2.49. The second-order valence-electron chi connectivity index (χ2n) is 9.43. The Balaban J connectivity index is 2.72. The van der Waals surface area contributed by atoms with Gasteiger partial charge in [-0.05, 0) is 54.4 Å². The van der Waals surface area contributed by atoms with E-state index >= 15 is 0 Å². The van der Waals surface area contributed by atoms with Crippen molar-refractivity contribution < 1.29 is 0 Å². The monoisotopic (exact) mass is 309 g/mol. The first-order valence-corrected chi connectivity index (χ1v) is 9.89. The van der Waals surface area contributed by atoms with Crippen molar-refractivity contribution in [3.8, 4) is 0 Å². The highest BCUT2D eigenvalue weighted by atomic mass is 15.2. The molecule has 1 fully saturated rings. The lowest BCUT2D eigenvalue weighted by Gasteiger charge is -2.46. The molecule has 2 atom stereocenters.